The quantitative estimate of drug-likeness (QED) is 0.412. The Bertz CT molecular complexity index is 1640. The number of carbonyl (C=O) groups excluding carboxylic acids is 1. The number of aromatic nitrogens is 2. The van der Waals surface area contributed by atoms with Gasteiger partial charge < -0.3 is 18.9 Å². The second kappa shape index (κ2) is 8.47. The number of aryl methyl sites for hydroxylation is 1. The Balaban J connectivity index is 1.31. The zero-order valence-corrected chi connectivity index (χ0v) is 20.7. The van der Waals surface area contributed by atoms with E-state index in [1.807, 2.05) is 52.8 Å². The molecule has 1 aliphatic carbocycles. The Labute approximate surface area is 214 Å². The Kier molecular flexibility index (Phi) is 5.06. The molecule has 0 atom stereocenters. The molecule has 4 heterocycles. The van der Waals surface area contributed by atoms with Crippen molar-refractivity contribution in [3.05, 3.63) is 87.5 Å². The fourth-order valence-corrected chi connectivity index (χ4v) is 5.54. The summed E-state index contributed by atoms with van der Waals surface area (Å²) in [5.41, 5.74) is 6.11. The van der Waals surface area contributed by atoms with Crippen molar-refractivity contribution in [3.63, 3.8) is 0 Å². The maximum absolute atomic E-state index is 13.9. The lowest BCUT2D eigenvalue weighted by molar-refractivity contribution is 0.0731. The molecular formula is C30H27N3O4. The van der Waals surface area contributed by atoms with Gasteiger partial charge in [-0.3, -0.25) is 14.6 Å². The minimum absolute atomic E-state index is 0.0460. The van der Waals surface area contributed by atoms with Crippen molar-refractivity contribution in [3.8, 4) is 22.6 Å². The van der Waals surface area contributed by atoms with Crippen LogP contribution in [0.2, 0.25) is 0 Å². The zero-order chi connectivity index (χ0) is 25.1. The lowest BCUT2D eigenvalue weighted by Gasteiger charge is -2.31. The summed E-state index contributed by atoms with van der Waals surface area (Å²) in [5.74, 6) is 1.77. The Hall–Kier alpha value is -4.13. The van der Waals surface area contributed by atoms with Crippen LogP contribution < -0.4 is 15.0 Å². The van der Waals surface area contributed by atoms with Gasteiger partial charge in [-0.15, -0.1) is 0 Å². The fraction of sp³-hybridized carbons (Fsp3) is 0.300. The Morgan fingerprint density at radius 3 is 2.76 bits per heavy atom. The van der Waals surface area contributed by atoms with Crippen LogP contribution in [0, 0.1) is 12.8 Å². The van der Waals surface area contributed by atoms with E-state index in [2.05, 4.69) is 4.98 Å². The molecule has 7 nitrogen and oxygen atoms in total. The summed E-state index contributed by atoms with van der Waals surface area (Å²) in [7, 11) is 0. The highest BCUT2D eigenvalue weighted by molar-refractivity contribution is 5.96. The van der Waals surface area contributed by atoms with E-state index in [-0.39, 0.29) is 18.3 Å². The molecule has 3 aliphatic rings. The summed E-state index contributed by atoms with van der Waals surface area (Å²) < 4.78 is 12.9. The summed E-state index contributed by atoms with van der Waals surface area (Å²) in [5, 5.41) is 0.965. The largest absolute Gasteiger partial charge is 0.454 e. The van der Waals surface area contributed by atoms with Crippen molar-refractivity contribution in [1.29, 1.82) is 0 Å². The van der Waals surface area contributed by atoms with Crippen LogP contribution in [0.1, 0.15) is 40.2 Å². The van der Waals surface area contributed by atoms with Crippen molar-refractivity contribution < 1.29 is 14.3 Å². The maximum Gasteiger partial charge on any atom is 0.258 e. The molecule has 0 unspecified atom stereocenters. The average molecular weight is 494 g/mol. The molecular weight excluding hydrogens is 466 g/mol. The van der Waals surface area contributed by atoms with Crippen molar-refractivity contribution in [2.45, 2.75) is 39.3 Å². The lowest BCUT2D eigenvalue weighted by Crippen LogP contribution is -2.39. The summed E-state index contributed by atoms with van der Waals surface area (Å²) in [6.07, 6.45) is 2.99. The number of carbonyl (C=O) groups is 1. The van der Waals surface area contributed by atoms with Gasteiger partial charge in [0, 0.05) is 54.0 Å². The maximum atomic E-state index is 13.9. The van der Waals surface area contributed by atoms with Crippen molar-refractivity contribution >= 4 is 16.8 Å². The zero-order valence-electron chi connectivity index (χ0n) is 20.7. The van der Waals surface area contributed by atoms with Gasteiger partial charge in [-0.1, -0.05) is 18.2 Å². The average Bonchev–Trinajstić information content (AvgIpc) is 3.61. The molecule has 7 heteroatoms. The molecule has 1 amide bonds. The van der Waals surface area contributed by atoms with Gasteiger partial charge in [0.25, 0.3) is 11.5 Å². The van der Waals surface area contributed by atoms with Crippen LogP contribution in [0.25, 0.3) is 22.0 Å². The molecule has 37 heavy (non-hydrogen) atoms. The number of benzene rings is 2. The van der Waals surface area contributed by atoms with Gasteiger partial charge in [0.05, 0.1) is 5.52 Å². The second-order valence-corrected chi connectivity index (χ2v) is 10.3. The number of fused-ring (bicyclic) bond motifs is 3. The highest BCUT2D eigenvalue weighted by Gasteiger charge is 2.30. The molecule has 4 aromatic rings. The van der Waals surface area contributed by atoms with Crippen LogP contribution in [-0.4, -0.2) is 33.7 Å². The smallest absolute Gasteiger partial charge is 0.258 e. The third-order valence-electron chi connectivity index (χ3n) is 7.68. The van der Waals surface area contributed by atoms with E-state index in [1.165, 1.54) is 0 Å². The van der Waals surface area contributed by atoms with Crippen LogP contribution in [0.3, 0.4) is 0 Å². The highest BCUT2D eigenvalue weighted by atomic mass is 16.7. The molecule has 0 spiro atoms. The molecule has 2 aliphatic heterocycles. The van der Waals surface area contributed by atoms with Gasteiger partial charge in [-0.25, -0.2) is 0 Å². The topological polar surface area (TPSA) is 73.7 Å². The second-order valence-electron chi connectivity index (χ2n) is 10.3. The van der Waals surface area contributed by atoms with Gasteiger partial charge in [-0.05, 0) is 73.2 Å². The molecule has 0 N–H and O–H groups in total. The molecule has 186 valence electrons. The molecule has 2 aromatic carbocycles. The molecule has 0 saturated heterocycles. The number of hydrogen-bond donors (Lipinski definition) is 0. The van der Waals surface area contributed by atoms with Crippen molar-refractivity contribution in [1.82, 2.24) is 14.5 Å². The van der Waals surface area contributed by atoms with E-state index < -0.39 is 0 Å². The molecule has 1 saturated carbocycles. The van der Waals surface area contributed by atoms with Gasteiger partial charge >= 0.3 is 0 Å². The van der Waals surface area contributed by atoms with E-state index in [0.717, 1.165) is 52.8 Å². The fourth-order valence-electron chi connectivity index (χ4n) is 5.54. The summed E-state index contributed by atoms with van der Waals surface area (Å²) in [4.78, 5) is 33.9. The molecule has 0 radical (unpaired) electrons. The monoisotopic (exact) mass is 493 g/mol. The third kappa shape index (κ3) is 3.86. The van der Waals surface area contributed by atoms with Crippen molar-refractivity contribution in [2.75, 3.05) is 13.3 Å². The highest BCUT2D eigenvalue weighted by Crippen LogP contribution is 2.35. The standard InChI is InChI=1S/C30H27N3O4/c1-18-5-9-23-22(3-2-4-25(23)31-18)24-13-21-16-32(12-11-26(21)33(30(24)35)15-19-6-7-19)29(34)20-8-10-27-28(14-20)37-17-36-27/h2-5,8-10,13-14,19H,6-7,11-12,15-17H2,1H3. The number of amides is 1. The normalized spacial score (nSPS) is 16.2. The molecule has 2 aromatic heterocycles. The van der Waals surface area contributed by atoms with E-state index in [1.54, 1.807) is 18.2 Å². The third-order valence-corrected chi connectivity index (χ3v) is 7.68. The van der Waals surface area contributed by atoms with E-state index in [9.17, 15) is 9.59 Å². The first-order valence-corrected chi connectivity index (χ1v) is 12.9. The van der Waals surface area contributed by atoms with E-state index >= 15 is 0 Å². The van der Waals surface area contributed by atoms with E-state index in [4.69, 9.17) is 9.47 Å². The number of nitrogens with zero attached hydrogens (tertiary/aromatic N) is 3. The summed E-state index contributed by atoms with van der Waals surface area (Å²) >= 11 is 0. The molecule has 0 bridgehead atoms. The van der Waals surface area contributed by atoms with Gasteiger partial charge in [0.15, 0.2) is 11.5 Å². The molecule has 7 rings (SSSR count). The first-order valence-electron chi connectivity index (χ1n) is 12.9. The van der Waals surface area contributed by atoms with Gasteiger partial charge in [-0.2, -0.15) is 0 Å². The predicted molar refractivity (Wildman–Crippen MR) is 140 cm³/mol. The van der Waals surface area contributed by atoms with Crippen LogP contribution >= 0.6 is 0 Å². The van der Waals surface area contributed by atoms with E-state index in [0.29, 0.717) is 48.1 Å². The predicted octanol–water partition coefficient (Wildman–Crippen LogP) is 4.71. The summed E-state index contributed by atoms with van der Waals surface area (Å²) in [6.45, 7) is 3.92. The molecule has 1 fully saturated rings. The first-order chi connectivity index (χ1) is 18.0. The minimum Gasteiger partial charge on any atom is -0.454 e. The van der Waals surface area contributed by atoms with Crippen molar-refractivity contribution in [2.24, 2.45) is 5.92 Å². The van der Waals surface area contributed by atoms with Gasteiger partial charge in [0.1, 0.15) is 0 Å². The number of hydrogen-bond acceptors (Lipinski definition) is 5. The van der Waals surface area contributed by atoms with Crippen LogP contribution in [-0.2, 0) is 19.5 Å². The number of ether oxygens (including phenoxy) is 2. The first kappa shape index (κ1) is 22.1. The Morgan fingerprint density at radius 2 is 1.89 bits per heavy atom. The lowest BCUT2D eigenvalue weighted by atomic mass is 9.96. The number of rotatable bonds is 4. The summed E-state index contributed by atoms with van der Waals surface area (Å²) in [6, 6.07) is 17.3. The number of pyridine rings is 2. The van der Waals surface area contributed by atoms with Crippen LogP contribution in [0.5, 0.6) is 11.5 Å². The Morgan fingerprint density at radius 1 is 1.03 bits per heavy atom. The van der Waals surface area contributed by atoms with Crippen LogP contribution in [0.4, 0.5) is 0 Å². The SMILES string of the molecule is Cc1ccc2c(-c3cc4c(n(CC5CC5)c3=O)CCN(C(=O)c3ccc5c(c3)OCO5)C4)cccc2n1. The minimum atomic E-state index is -0.0460. The van der Waals surface area contributed by atoms with Crippen LogP contribution in [0.15, 0.2) is 59.4 Å². The van der Waals surface area contributed by atoms with Gasteiger partial charge in [0.2, 0.25) is 6.79 Å².